The van der Waals surface area contributed by atoms with Crippen molar-refractivity contribution in [3.05, 3.63) is 24.2 Å². The van der Waals surface area contributed by atoms with Crippen molar-refractivity contribution in [2.45, 2.75) is 77.2 Å². The van der Waals surface area contributed by atoms with Crippen LogP contribution in [0.15, 0.2) is 22.8 Å². The molecule has 0 aromatic carbocycles. The molecule has 0 saturated carbocycles. The number of hydrogen-bond donors (Lipinski definition) is 1. The van der Waals surface area contributed by atoms with Gasteiger partial charge < -0.3 is 14.3 Å². The molecule has 1 heterocycles. The van der Waals surface area contributed by atoms with Gasteiger partial charge in [-0.25, -0.2) is 0 Å². The fourth-order valence-corrected chi connectivity index (χ4v) is 2.37. The molecule has 1 unspecified atom stereocenters. The van der Waals surface area contributed by atoms with E-state index in [9.17, 15) is 9.90 Å². The maximum Gasteiger partial charge on any atom is 0.305 e. The van der Waals surface area contributed by atoms with Crippen molar-refractivity contribution in [2.24, 2.45) is 0 Å². The van der Waals surface area contributed by atoms with Gasteiger partial charge in [0.1, 0.15) is 11.9 Å². The van der Waals surface area contributed by atoms with Crippen molar-refractivity contribution in [2.75, 3.05) is 6.61 Å². The Hall–Kier alpha value is -1.29. The number of rotatable bonds is 13. The van der Waals surface area contributed by atoms with Crippen LogP contribution in [0.4, 0.5) is 0 Å². The van der Waals surface area contributed by atoms with Gasteiger partial charge in [-0.2, -0.15) is 0 Å². The van der Waals surface area contributed by atoms with Crippen LogP contribution in [0.3, 0.4) is 0 Å². The molecule has 0 aliphatic rings. The van der Waals surface area contributed by atoms with E-state index in [1.807, 2.05) is 0 Å². The lowest BCUT2D eigenvalue weighted by Gasteiger charge is -2.07. The van der Waals surface area contributed by atoms with Crippen LogP contribution in [0.1, 0.15) is 83.0 Å². The van der Waals surface area contributed by atoms with Gasteiger partial charge in [0.15, 0.2) is 0 Å². The van der Waals surface area contributed by atoms with Crippen molar-refractivity contribution in [3.63, 3.8) is 0 Å². The molecule has 1 rings (SSSR count). The van der Waals surface area contributed by atoms with Crippen molar-refractivity contribution in [1.82, 2.24) is 0 Å². The van der Waals surface area contributed by atoms with Gasteiger partial charge in [0.05, 0.1) is 12.9 Å². The predicted molar refractivity (Wildman–Crippen MR) is 86.5 cm³/mol. The molecule has 0 saturated heterocycles. The van der Waals surface area contributed by atoms with Crippen LogP contribution in [-0.2, 0) is 9.53 Å². The number of carbonyl (C=O) groups is 1. The molecule has 4 nitrogen and oxygen atoms in total. The number of aliphatic hydroxyl groups is 1. The van der Waals surface area contributed by atoms with Crippen LogP contribution in [0, 0.1) is 0 Å². The number of hydrogen-bond acceptors (Lipinski definition) is 4. The third-order valence-electron chi connectivity index (χ3n) is 3.74. The number of carbonyl (C=O) groups excluding carboxylic acids is 1. The molecule has 0 bridgehead atoms. The highest BCUT2D eigenvalue weighted by atomic mass is 16.5. The summed E-state index contributed by atoms with van der Waals surface area (Å²) < 4.78 is 10.3. The van der Waals surface area contributed by atoms with Gasteiger partial charge >= 0.3 is 5.97 Å². The normalized spacial score (nSPS) is 12.3. The smallest absolute Gasteiger partial charge is 0.305 e. The van der Waals surface area contributed by atoms with Crippen molar-refractivity contribution < 1.29 is 19.1 Å². The molecule has 22 heavy (non-hydrogen) atoms. The lowest BCUT2D eigenvalue weighted by atomic mass is 10.1. The standard InChI is InChI=1S/C18H30O4/c1-2-3-4-9-14-22-18(20)13-8-6-5-7-11-16(19)17-12-10-15-21-17/h10,12,15-16,19H,2-9,11,13-14H2,1H3. The first-order valence-electron chi connectivity index (χ1n) is 8.61. The van der Waals surface area contributed by atoms with E-state index in [-0.39, 0.29) is 5.97 Å². The molecule has 1 aromatic rings. The third kappa shape index (κ3) is 8.88. The zero-order valence-corrected chi connectivity index (χ0v) is 13.8. The molecule has 0 spiro atoms. The summed E-state index contributed by atoms with van der Waals surface area (Å²) in [7, 11) is 0. The van der Waals surface area contributed by atoms with Crippen LogP contribution in [0.5, 0.6) is 0 Å². The second-order valence-corrected chi connectivity index (χ2v) is 5.77. The van der Waals surface area contributed by atoms with Gasteiger partial charge in [-0.15, -0.1) is 0 Å². The molecule has 1 aromatic heterocycles. The number of unbranched alkanes of at least 4 members (excludes halogenated alkanes) is 6. The minimum atomic E-state index is -0.511. The van der Waals surface area contributed by atoms with Crippen LogP contribution < -0.4 is 0 Å². The van der Waals surface area contributed by atoms with Crippen LogP contribution in [-0.4, -0.2) is 17.7 Å². The molecule has 0 fully saturated rings. The Labute approximate surface area is 133 Å². The lowest BCUT2D eigenvalue weighted by molar-refractivity contribution is -0.143. The van der Waals surface area contributed by atoms with Gasteiger partial charge in [-0.1, -0.05) is 45.4 Å². The first kappa shape index (κ1) is 18.8. The fraction of sp³-hybridized carbons (Fsp3) is 0.722. The summed E-state index contributed by atoms with van der Waals surface area (Å²) in [6.45, 7) is 2.73. The van der Waals surface area contributed by atoms with Gasteiger partial charge in [0, 0.05) is 6.42 Å². The first-order chi connectivity index (χ1) is 10.7. The van der Waals surface area contributed by atoms with Crippen molar-refractivity contribution in [1.29, 1.82) is 0 Å². The molecular weight excluding hydrogens is 280 g/mol. The highest BCUT2D eigenvalue weighted by Crippen LogP contribution is 2.20. The Morgan fingerprint density at radius 1 is 1.18 bits per heavy atom. The Morgan fingerprint density at radius 2 is 1.95 bits per heavy atom. The Balaban J connectivity index is 1.89. The predicted octanol–water partition coefficient (Wildman–Crippen LogP) is 4.78. The summed E-state index contributed by atoms with van der Waals surface area (Å²) in [5, 5.41) is 9.84. The minimum absolute atomic E-state index is 0.0767. The van der Waals surface area contributed by atoms with E-state index in [0.717, 1.165) is 38.5 Å². The molecule has 1 atom stereocenters. The highest BCUT2D eigenvalue weighted by molar-refractivity contribution is 5.69. The summed E-state index contributed by atoms with van der Waals surface area (Å²) in [5.41, 5.74) is 0. The second kappa shape index (κ2) is 12.3. The van der Waals surface area contributed by atoms with E-state index in [2.05, 4.69) is 6.92 Å². The topological polar surface area (TPSA) is 59.7 Å². The SMILES string of the molecule is CCCCCCOC(=O)CCCCCCC(O)c1ccco1. The fourth-order valence-electron chi connectivity index (χ4n) is 2.37. The average molecular weight is 310 g/mol. The van der Waals surface area contributed by atoms with E-state index in [1.54, 1.807) is 18.4 Å². The summed E-state index contributed by atoms with van der Waals surface area (Å²) in [4.78, 5) is 11.5. The summed E-state index contributed by atoms with van der Waals surface area (Å²) in [6, 6.07) is 3.58. The quantitative estimate of drug-likeness (QED) is 0.421. The van der Waals surface area contributed by atoms with Crippen LogP contribution in [0.2, 0.25) is 0 Å². The Bertz CT molecular complexity index is 372. The lowest BCUT2D eigenvalue weighted by Crippen LogP contribution is -2.05. The maximum absolute atomic E-state index is 11.5. The monoisotopic (exact) mass is 310 g/mol. The van der Waals surface area contributed by atoms with Gasteiger partial charge in [0.25, 0.3) is 0 Å². The van der Waals surface area contributed by atoms with Crippen molar-refractivity contribution in [3.8, 4) is 0 Å². The number of furan rings is 1. The molecule has 0 amide bonds. The summed E-state index contributed by atoms with van der Waals surface area (Å²) in [6.07, 6.45) is 10.6. The Kier molecular flexibility index (Phi) is 10.5. The minimum Gasteiger partial charge on any atom is -0.467 e. The van der Waals surface area contributed by atoms with Crippen LogP contribution in [0.25, 0.3) is 0 Å². The van der Waals surface area contributed by atoms with E-state index >= 15 is 0 Å². The van der Waals surface area contributed by atoms with Crippen LogP contribution >= 0.6 is 0 Å². The summed E-state index contributed by atoms with van der Waals surface area (Å²) in [5.74, 6) is 0.554. The van der Waals surface area contributed by atoms with Gasteiger partial charge in [-0.05, 0) is 31.4 Å². The number of ether oxygens (including phenoxy) is 1. The molecule has 1 N–H and O–H groups in total. The molecule has 0 aliphatic carbocycles. The largest absolute Gasteiger partial charge is 0.467 e. The number of esters is 1. The van der Waals surface area contributed by atoms with E-state index < -0.39 is 6.10 Å². The molecule has 0 radical (unpaired) electrons. The Morgan fingerprint density at radius 3 is 2.68 bits per heavy atom. The second-order valence-electron chi connectivity index (χ2n) is 5.77. The molecular formula is C18H30O4. The third-order valence-corrected chi connectivity index (χ3v) is 3.74. The maximum atomic E-state index is 11.5. The van der Waals surface area contributed by atoms with E-state index in [1.165, 1.54) is 12.8 Å². The molecule has 126 valence electrons. The van der Waals surface area contributed by atoms with Gasteiger partial charge in [0.2, 0.25) is 0 Å². The average Bonchev–Trinajstić information content (AvgIpc) is 3.04. The zero-order chi connectivity index (χ0) is 16.0. The first-order valence-corrected chi connectivity index (χ1v) is 8.61. The van der Waals surface area contributed by atoms with E-state index in [0.29, 0.717) is 25.2 Å². The van der Waals surface area contributed by atoms with E-state index in [4.69, 9.17) is 9.15 Å². The zero-order valence-electron chi connectivity index (χ0n) is 13.8. The van der Waals surface area contributed by atoms with Crippen molar-refractivity contribution >= 4 is 5.97 Å². The number of aliphatic hydroxyl groups excluding tert-OH is 1. The molecule has 0 aliphatic heterocycles. The highest BCUT2D eigenvalue weighted by Gasteiger charge is 2.09. The van der Waals surface area contributed by atoms with Gasteiger partial charge in [-0.3, -0.25) is 4.79 Å². The molecule has 4 heteroatoms. The summed E-state index contributed by atoms with van der Waals surface area (Å²) >= 11 is 0.